The number of halogens is 4. The lowest BCUT2D eigenvalue weighted by molar-refractivity contribution is -0.137. The Morgan fingerprint density at radius 2 is 1.80 bits per heavy atom. The van der Waals surface area contributed by atoms with Crippen LogP contribution in [-0.4, -0.2) is 18.2 Å². The molecule has 1 N–H and O–H groups in total. The van der Waals surface area contributed by atoms with Gasteiger partial charge in [0.05, 0.1) is 28.5 Å². The molecule has 1 aliphatic heterocycles. The Kier molecular flexibility index (Phi) is 4.49. The van der Waals surface area contributed by atoms with Crippen LogP contribution >= 0.6 is 11.6 Å². The third-order valence-electron chi connectivity index (χ3n) is 3.35. The van der Waals surface area contributed by atoms with Crippen LogP contribution in [0.4, 0.5) is 18.9 Å². The number of anilines is 1. The van der Waals surface area contributed by atoms with Gasteiger partial charge in [0.25, 0.3) is 0 Å². The Labute approximate surface area is 121 Å². The average molecular weight is 308 g/mol. The molecule has 1 aliphatic rings. The van der Waals surface area contributed by atoms with E-state index in [4.69, 9.17) is 16.3 Å². The van der Waals surface area contributed by atoms with Crippen molar-refractivity contribution < 1.29 is 17.9 Å². The highest BCUT2D eigenvalue weighted by atomic mass is 35.5. The summed E-state index contributed by atoms with van der Waals surface area (Å²) in [5, 5.41) is 3.41. The van der Waals surface area contributed by atoms with Crippen LogP contribution in [-0.2, 0) is 10.9 Å². The minimum Gasteiger partial charge on any atom is -0.381 e. The maximum absolute atomic E-state index is 12.7. The Morgan fingerprint density at radius 1 is 1.20 bits per heavy atom. The van der Waals surface area contributed by atoms with Crippen molar-refractivity contribution in [3.63, 3.8) is 0 Å². The molecule has 112 valence electrons. The second-order valence-electron chi connectivity index (χ2n) is 5.26. The van der Waals surface area contributed by atoms with Crippen molar-refractivity contribution in [1.82, 2.24) is 0 Å². The quantitative estimate of drug-likeness (QED) is 0.853. The number of benzene rings is 1. The van der Waals surface area contributed by atoms with Gasteiger partial charge in [0, 0.05) is 6.04 Å². The van der Waals surface area contributed by atoms with Crippen LogP contribution in [0, 0.1) is 0 Å². The number of hydrogen-bond donors (Lipinski definition) is 1. The second-order valence-corrected chi connectivity index (χ2v) is 5.67. The van der Waals surface area contributed by atoms with E-state index in [2.05, 4.69) is 5.32 Å². The van der Waals surface area contributed by atoms with Crippen molar-refractivity contribution in [2.45, 2.75) is 51.1 Å². The van der Waals surface area contributed by atoms with E-state index in [0.29, 0.717) is 10.7 Å². The first-order chi connectivity index (χ1) is 9.25. The zero-order valence-electron chi connectivity index (χ0n) is 11.3. The molecule has 1 aromatic carbocycles. The van der Waals surface area contributed by atoms with Gasteiger partial charge in [-0.1, -0.05) is 11.6 Å². The van der Waals surface area contributed by atoms with Gasteiger partial charge in [-0.3, -0.25) is 0 Å². The number of nitrogens with one attached hydrogen (secondary N) is 1. The molecule has 0 aliphatic carbocycles. The van der Waals surface area contributed by atoms with Crippen LogP contribution in [0.5, 0.6) is 0 Å². The highest BCUT2D eigenvalue weighted by Gasteiger charge is 2.31. The Balaban J connectivity index is 2.16. The summed E-state index contributed by atoms with van der Waals surface area (Å²) in [5.74, 6) is 0. The number of hydrogen-bond acceptors (Lipinski definition) is 2. The Morgan fingerprint density at radius 3 is 2.35 bits per heavy atom. The molecule has 0 saturated carbocycles. The lowest BCUT2D eigenvalue weighted by Crippen LogP contribution is -2.37. The fraction of sp³-hybridized carbons (Fsp3) is 0.571. The van der Waals surface area contributed by atoms with Gasteiger partial charge >= 0.3 is 6.18 Å². The summed E-state index contributed by atoms with van der Waals surface area (Å²) in [5.41, 5.74) is -0.370. The summed E-state index contributed by atoms with van der Waals surface area (Å²) in [6, 6.07) is 3.39. The molecule has 1 heterocycles. The van der Waals surface area contributed by atoms with Gasteiger partial charge in [-0.15, -0.1) is 0 Å². The topological polar surface area (TPSA) is 21.3 Å². The first kappa shape index (κ1) is 15.4. The van der Waals surface area contributed by atoms with E-state index in [-0.39, 0.29) is 18.2 Å². The standard InChI is InChI=1S/C14H17ClF3NO/c1-8-5-11(6-9(2)20-8)19-13-7-10(14(16,17)18)3-4-12(13)15/h3-4,7-9,11,19H,5-6H2,1-2H3. The molecular weight excluding hydrogens is 291 g/mol. The van der Waals surface area contributed by atoms with Crippen LogP contribution in [0.15, 0.2) is 18.2 Å². The minimum atomic E-state index is -4.36. The normalized spacial score (nSPS) is 27.4. The predicted molar refractivity (Wildman–Crippen MR) is 73.1 cm³/mol. The van der Waals surface area contributed by atoms with Crippen molar-refractivity contribution in [3.05, 3.63) is 28.8 Å². The largest absolute Gasteiger partial charge is 0.416 e. The molecule has 20 heavy (non-hydrogen) atoms. The van der Waals surface area contributed by atoms with E-state index >= 15 is 0 Å². The van der Waals surface area contributed by atoms with Gasteiger partial charge in [-0.2, -0.15) is 13.2 Å². The average Bonchev–Trinajstić information content (AvgIpc) is 2.29. The molecule has 1 saturated heterocycles. The number of rotatable bonds is 2. The van der Waals surface area contributed by atoms with E-state index in [1.165, 1.54) is 6.07 Å². The van der Waals surface area contributed by atoms with Crippen molar-refractivity contribution in [2.24, 2.45) is 0 Å². The fourth-order valence-electron chi connectivity index (χ4n) is 2.56. The van der Waals surface area contributed by atoms with E-state index < -0.39 is 11.7 Å². The third kappa shape index (κ3) is 3.79. The SMILES string of the molecule is CC1CC(Nc2cc(C(F)(F)F)ccc2Cl)CC(C)O1. The first-order valence-corrected chi connectivity index (χ1v) is 6.92. The van der Waals surface area contributed by atoms with Crippen LogP contribution in [0.25, 0.3) is 0 Å². The number of ether oxygens (including phenoxy) is 1. The second kappa shape index (κ2) is 5.82. The molecule has 0 aromatic heterocycles. The molecule has 1 aromatic rings. The number of alkyl halides is 3. The molecule has 2 atom stereocenters. The lowest BCUT2D eigenvalue weighted by atomic mass is 9.99. The summed E-state index contributed by atoms with van der Waals surface area (Å²) in [4.78, 5) is 0. The molecule has 6 heteroatoms. The predicted octanol–water partition coefficient (Wildman–Crippen LogP) is 4.73. The van der Waals surface area contributed by atoms with Crippen molar-refractivity contribution in [3.8, 4) is 0 Å². The van der Waals surface area contributed by atoms with Gasteiger partial charge in [-0.25, -0.2) is 0 Å². The first-order valence-electron chi connectivity index (χ1n) is 6.54. The van der Waals surface area contributed by atoms with Crippen LogP contribution in [0.1, 0.15) is 32.3 Å². The van der Waals surface area contributed by atoms with E-state index in [1.54, 1.807) is 0 Å². The van der Waals surface area contributed by atoms with E-state index in [9.17, 15) is 13.2 Å². The summed E-state index contributed by atoms with van der Waals surface area (Å²) in [6.07, 6.45) is -2.70. The Bertz CT molecular complexity index is 468. The van der Waals surface area contributed by atoms with E-state index in [0.717, 1.165) is 25.0 Å². The molecule has 2 rings (SSSR count). The summed E-state index contributed by atoms with van der Waals surface area (Å²) >= 11 is 5.98. The van der Waals surface area contributed by atoms with Crippen molar-refractivity contribution in [2.75, 3.05) is 5.32 Å². The zero-order chi connectivity index (χ0) is 14.9. The third-order valence-corrected chi connectivity index (χ3v) is 3.68. The van der Waals surface area contributed by atoms with Crippen molar-refractivity contribution in [1.29, 1.82) is 0 Å². The van der Waals surface area contributed by atoms with Crippen LogP contribution in [0.3, 0.4) is 0 Å². The summed E-state index contributed by atoms with van der Waals surface area (Å²) in [7, 11) is 0. The molecular formula is C14H17ClF3NO. The molecule has 0 spiro atoms. The van der Waals surface area contributed by atoms with Gasteiger partial charge in [0.1, 0.15) is 0 Å². The van der Waals surface area contributed by atoms with Crippen molar-refractivity contribution >= 4 is 17.3 Å². The van der Waals surface area contributed by atoms with Gasteiger partial charge < -0.3 is 10.1 Å². The van der Waals surface area contributed by atoms with Crippen LogP contribution in [0.2, 0.25) is 5.02 Å². The van der Waals surface area contributed by atoms with Gasteiger partial charge in [-0.05, 0) is 44.9 Å². The highest BCUT2D eigenvalue weighted by Crippen LogP contribution is 2.35. The van der Waals surface area contributed by atoms with Gasteiger partial charge in [0.15, 0.2) is 0 Å². The lowest BCUT2D eigenvalue weighted by Gasteiger charge is -2.33. The molecule has 0 radical (unpaired) electrons. The van der Waals surface area contributed by atoms with Gasteiger partial charge in [0.2, 0.25) is 0 Å². The molecule has 2 nitrogen and oxygen atoms in total. The van der Waals surface area contributed by atoms with Crippen LogP contribution < -0.4 is 5.32 Å². The smallest absolute Gasteiger partial charge is 0.381 e. The maximum atomic E-state index is 12.7. The molecule has 0 bridgehead atoms. The zero-order valence-corrected chi connectivity index (χ0v) is 12.1. The molecule has 2 unspecified atom stereocenters. The Hall–Kier alpha value is -0.940. The summed E-state index contributed by atoms with van der Waals surface area (Å²) < 4.78 is 43.7. The molecule has 0 amide bonds. The summed E-state index contributed by atoms with van der Waals surface area (Å²) in [6.45, 7) is 3.91. The monoisotopic (exact) mass is 307 g/mol. The fourth-order valence-corrected chi connectivity index (χ4v) is 2.73. The van der Waals surface area contributed by atoms with E-state index in [1.807, 2.05) is 13.8 Å². The highest BCUT2D eigenvalue weighted by molar-refractivity contribution is 6.33. The minimum absolute atomic E-state index is 0.0646. The maximum Gasteiger partial charge on any atom is 0.416 e. The molecule has 1 fully saturated rings.